The van der Waals surface area contributed by atoms with Crippen LogP contribution < -0.4 is 5.32 Å². The molecule has 0 aromatic heterocycles. The van der Waals surface area contributed by atoms with E-state index in [1.165, 1.54) is 0 Å². The first kappa shape index (κ1) is 12.3. The normalized spacial score (nSPS) is 26.5. The van der Waals surface area contributed by atoms with Gasteiger partial charge in [0, 0.05) is 25.2 Å². The first-order chi connectivity index (χ1) is 7.15. The Kier molecular flexibility index (Phi) is 4.88. The zero-order chi connectivity index (χ0) is 11.3. The maximum Gasteiger partial charge on any atom is 0.410 e. The summed E-state index contributed by atoms with van der Waals surface area (Å²) >= 11 is 0. The van der Waals surface area contributed by atoms with Gasteiger partial charge in [-0.3, -0.25) is 0 Å². The van der Waals surface area contributed by atoms with Gasteiger partial charge in [0.05, 0.1) is 6.61 Å². The second-order valence-corrected chi connectivity index (χ2v) is 4.28. The molecule has 4 nitrogen and oxygen atoms in total. The number of hydrogen-bond donors (Lipinski definition) is 1. The average Bonchev–Trinajstić information content (AvgIpc) is 2.22. The minimum absolute atomic E-state index is 0.163. The van der Waals surface area contributed by atoms with Gasteiger partial charge in [0.2, 0.25) is 0 Å². The molecule has 0 aromatic carbocycles. The zero-order valence-corrected chi connectivity index (χ0v) is 9.95. The van der Waals surface area contributed by atoms with Gasteiger partial charge in [0.15, 0.2) is 0 Å². The molecule has 88 valence electrons. The Hall–Kier alpha value is -0.770. The molecule has 1 N–H and O–H groups in total. The number of hydrogen-bond acceptors (Lipinski definition) is 3. The Morgan fingerprint density at radius 3 is 2.93 bits per heavy atom. The summed E-state index contributed by atoms with van der Waals surface area (Å²) in [5.74, 6) is 0. The van der Waals surface area contributed by atoms with Crippen molar-refractivity contribution in [2.45, 2.75) is 45.7 Å². The molecule has 1 rings (SSSR count). The van der Waals surface area contributed by atoms with E-state index in [1.807, 2.05) is 11.8 Å². The van der Waals surface area contributed by atoms with Crippen molar-refractivity contribution in [2.75, 3.05) is 19.7 Å². The maximum absolute atomic E-state index is 11.7. The lowest BCUT2D eigenvalue weighted by molar-refractivity contribution is 0.0727. The molecule has 0 bridgehead atoms. The number of ether oxygens (including phenoxy) is 1. The fraction of sp³-hybridized carbons (Fsp3) is 0.909. The Labute approximate surface area is 92.0 Å². The van der Waals surface area contributed by atoms with Gasteiger partial charge in [-0.1, -0.05) is 13.3 Å². The summed E-state index contributed by atoms with van der Waals surface area (Å²) in [5.41, 5.74) is 0. The van der Waals surface area contributed by atoms with Gasteiger partial charge in [-0.25, -0.2) is 4.79 Å². The molecular weight excluding hydrogens is 192 g/mol. The second kappa shape index (κ2) is 5.95. The molecule has 0 aliphatic carbocycles. The number of carbonyl (C=O) groups is 1. The highest BCUT2D eigenvalue weighted by molar-refractivity contribution is 5.68. The highest BCUT2D eigenvalue weighted by Gasteiger charge is 2.27. The molecule has 15 heavy (non-hydrogen) atoms. The van der Waals surface area contributed by atoms with Crippen LogP contribution in [-0.2, 0) is 4.74 Å². The fourth-order valence-electron chi connectivity index (χ4n) is 1.66. The van der Waals surface area contributed by atoms with Crippen molar-refractivity contribution in [1.82, 2.24) is 10.2 Å². The molecule has 0 saturated carbocycles. The molecule has 2 atom stereocenters. The predicted octanol–water partition coefficient (Wildman–Crippen LogP) is 1.61. The molecule has 4 heteroatoms. The van der Waals surface area contributed by atoms with E-state index in [0.717, 1.165) is 25.9 Å². The van der Waals surface area contributed by atoms with Gasteiger partial charge in [-0.2, -0.15) is 0 Å². The number of nitrogens with one attached hydrogen (secondary N) is 1. The van der Waals surface area contributed by atoms with Gasteiger partial charge in [-0.05, 0) is 20.3 Å². The van der Waals surface area contributed by atoms with Crippen LogP contribution in [0.25, 0.3) is 0 Å². The van der Waals surface area contributed by atoms with E-state index in [1.54, 1.807) is 0 Å². The molecule has 0 aromatic rings. The van der Waals surface area contributed by atoms with Gasteiger partial charge in [0.1, 0.15) is 0 Å². The standard InChI is InChI=1S/C11H22N2O2/c1-4-5-6-15-11(14)13-8-9(2)12-7-10(13)3/h9-10,12H,4-8H2,1-3H3/t9-,10+/m1/s1. The van der Waals surface area contributed by atoms with Crippen LogP contribution in [0.3, 0.4) is 0 Å². The van der Waals surface area contributed by atoms with Crippen LogP contribution >= 0.6 is 0 Å². The van der Waals surface area contributed by atoms with Crippen molar-refractivity contribution in [3.05, 3.63) is 0 Å². The predicted molar refractivity (Wildman–Crippen MR) is 59.9 cm³/mol. The van der Waals surface area contributed by atoms with E-state index in [2.05, 4.69) is 19.2 Å². The van der Waals surface area contributed by atoms with Crippen molar-refractivity contribution >= 4 is 6.09 Å². The number of carbonyl (C=O) groups excluding carboxylic acids is 1. The zero-order valence-electron chi connectivity index (χ0n) is 9.95. The van der Waals surface area contributed by atoms with E-state index in [4.69, 9.17) is 4.74 Å². The van der Waals surface area contributed by atoms with E-state index < -0.39 is 0 Å². The average molecular weight is 214 g/mol. The van der Waals surface area contributed by atoms with Crippen LogP contribution in [0.5, 0.6) is 0 Å². The number of rotatable bonds is 3. The van der Waals surface area contributed by atoms with Crippen LogP contribution in [0, 0.1) is 0 Å². The van der Waals surface area contributed by atoms with Gasteiger partial charge < -0.3 is 15.0 Å². The summed E-state index contributed by atoms with van der Waals surface area (Å²) in [6.45, 7) is 8.35. The maximum atomic E-state index is 11.7. The SMILES string of the molecule is CCCCOC(=O)N1C[C@@H](C)NC[C@@H]1C. The lowest BCUT2D eigenvalue weighted by Crippen LogP contribution is -2.56. The quantitative estimate of drug-likeness (QED) is 0.726. The largest absolute Gasteiger partial charge is 0.449 e. The monoisotopic (exact) mass is 214 g/mol. The molecule has 0 spiro atoms. The van der Waals surface area contributed by atoms with Crippen LogP contribution in [0.15, 0.2) is 0 Å². The molecule has 0 radical (unpaired) electrons. The summed E-state index contributed by atoms with van der Waals surface area (Å²) < 4.78 is 5.20. The highest BCUT2D eigenvalue weighted by Crippen LogP contribution is 2.08. The third-order valence-corrected chi connectivity index (χ3v) is 2.72. The lowest BCUT2D eigenvalue weighted by Gasteiger charge is -2.36. The fourth-order valence-corrected chi connectivity index (χ4v) is 1.66. The van der Waals surface area contributed by atoms with Crippen molar-refractivity contribution in [1.29, 1.82) is 0 Å². The minimum atomic E-state index is -0.163. The Morgan fingerprint density at radius 1 is 1.53 bits per heavy atom. The smallest absolute Gasteiger partial charge is 0.410 e. The summed E-state index contributed by atoms with van der Waals surface area (Å²) in [6, 6.07) is 0.593. The first-order valence-corrected chi connectivity index (χ1v) is 5.82. The Morgan fingerprint density at radius 2 is 2.27 bits per heavy atom. The van der Waals surface area contributed by atoms with Crippen LogP contribution in [-0.4, -0.2) is 42.8 Å². The molecular formula is C11H22N2O2. The summed E-state index contributed by atoms with van der Waals surface area (Å²) in [6.07, 6.45) is 1.84. The lowest BCUT2D eigenvalue weighted by atomic mass is 10.1. The molecule has 1 amide bonds. The van der Waals surface area contributed by atoms with Crippen molar-refractivity contribution in [3.63, 3.8) is 0 Å². The topological polar surface area (TPSA) is 41.6 Å². The highest BCUT2D eigenvalue weighted by atomic mass is 16.6. The Bertz CT molecular complexity index is 209. The number of amides is 1. The molecule has 1 fully saturated rings. The molecule has 1 heterocycles. The molecule has 1 aliphatic heterocycles. The van der Waals surface area contributed by atoms with Crippen LogP contribution in [0.4, 0.5) is 4.79 Å². The van der Waals surface area contributed by atoms with E-state index in [-0.39, 0.29) is 12.1 Å². The van der Waals surface area contributed by atoms with Crippen molar-refractivity contribution in [3.8, 4) is 0 Å². The van der Waals surface area contributed by atoms with Gasteiger partial charge >= 0.3 is 6.09 Å². The van der Waals surface area contributed by atoms with E-state index in [9.17, 15) is 4.79 Å². The number of nitrogens with zero attached hydrogens (tertiary/aromatic N) is 1. The summed E-state index contributed by atoms with van der Waals surface area (Å²) in [4.78, 5) is 13.5. The molecule has 1 saturated heterocycles. The summed E-state index contributed by atoms with van der Waals surface area (Å²) in [5, 5.41) is 3.33. The van der Waals surface area contributed by atoms with Gasteiger partial charge in [0.25, 0.3) is 0 Å². The van der Waals surface area contributed by atoms with Crippen LogP contribution in [0.2, 0.25) is 0 Å². The van der Waals surface area contributed by atoms with E-state index >= 15 is 0 Å². The van der Waals surface area contributed by atoms with Crippen LogP contribution in [0.1, 0.15) is 33.6 Å². The number of unbranched alkanes of at least 4 members (excludes halogenated alkanes) is 1. The van der Waals surface area contributed by atoms with Gasteiger partial charge in [-0.15, -0.1) is 0 Å². The first-order valence-electron chi connectivity index (χ1n) is 5.82. The Balaban J connectivity index is 2.35. The molecule has 0 unspecified atom stereocenters. The third kappa shape index (κ3) is 3.70. The van der Waals surface area contributed by atoms with E-state index in [0.29, 0.717) is 12.6 Å². The minimum Gasteiger partial charge on any atom is -0.449 e. The molecule has 1 aliphatic rings. The third-order valence-electron chi connectivity index (χ3n) is 2.72. The van der Waals surface area contributed by atoms with Crippen molar-refractivity contribution in [2.24, 2.45) is 0 Å². The summed E-state index contributed by atoms with van der Waals surface area (Å²) in [7, 11) is 0. The number of piperazine rings is 1. The van der Waals surface area contributed by atoms with Crippen molar-refractivity contribution < 1.29 is 9.53 Å². The second-order valence-electron chi connectivity index (χ2n) is 4.28.